The number of methoxy groups -OCH3 is 1. The number of nitrogens with one attached hydrogen (secondary N) is 1. The number of amides is 1. The van der Waals surface area contributed by atoms with Crippen molar-refractivity contribution < 1.29 is 9.53 Å². The molecule has 0 saturated carbocycles. The summed E-state index contributed by atoms with van der Waals surface area (Å²) in [6, 6.07) is 17.5. The van der Waals surface area contributed by atoms with Gasteiger partial charge in [-0.2, -0.15) is 0 Å². The predicted octanol–water partition coefficient (Wildman–Crippen LogP) is 3.16. The zero-order chi connectivity index (χ0) is 13.9. The molecule has 1 N–H and O–H groups in total. The molecule has 0 bridgehead atoms. The van der Waals surface area contributed by atoms with Crippen LogP contribution in [0.1, 0.15) is 27.6 Å². The van der Waals surface area contributed by atoms with E-state index in [2.05, 4.69) is 5.32 Å². The second kappa shape index (κ2) is 5.31. The van der Waals surface area contributed by atoms with E-state index >= 15 is 0 Å². The van der Waals surface area contributed by atoms with Crippen LogP contribution in [0.4, 0.5) is 0 Å². The normalized spacial score (nSPS) is 16.9. The van der Waals surface area contributed by atoms with Gasteiger partial charge in [0.2, 0.25) is 0 Å². The molecule has 3 rings (SSSR count). The van der Waals surface area contributed by atoms with Crippen molar-refractivity contribution in [2.24, 2.45) is 0 Å². The zero-order valence-electron chi connectivity index (χ0n) is 11.2. The van der Waals surface area contributed by atoms with E-state index in [1.165, 1.54) is 0 Å². The maximum Gasteiger partial charge on any atom is 0.256 e. The summed E-state index contributed by atoms with van der Waals surface area (Å²) in [5.74, 6) is -0.0604. The lowest BCUT2D eigenvalue weighted by atomic mass is 10.0. The Morgan fingerprint density at radius 1 is 1.00 bits per heavy atom. The number of ether oxygens (including phenoxy) is 1. The fourth-order valence-corrected chi connectivity index (χ4v) is 2.40. The predicted molar refractivity (Wildman–Crippen MR) is 78.1 cm³/mol. The number of carbonyl (C=O) groups is 1. The van der Waals surface area contributed by atoms with Gasteiger partial charge in [-0.25, -0.2) is 0 Å². The lowest BCUT2D eigenvalue weighted by Gasteiger charge is -2.12. The quantitative estimate of drug-likeness (QED) is 0.925. The summed E-state index contributed by atoms with van der Waals surface area (Å²) in [4.78, 5) is 11.9. The van der Waals surface area contributed by atoms with E-state index < -0.39 is 0 Å². The Kier molecular flexibility index (Phi) is 3.35. The molecule has 1 aliphatic heterocycles. The molecule has 2 aromatic rings. The summed E-state index contributed by atoms with van der Waals surface area (Å²) in [7, 11) is 1.66. The number of hydrogen-bond acceptors (Lipinski definition) is 2. The van der Waals surface area contributed by atoms with Crippen LogP contribution in [0.5, 0.6) is 0 Å². The van der Waals surface area contributed by atoms with Gasteiger partial charge in [0.05, 0.1) is 0 Å². The van der Waals surface area contributed by atoms with Gasteiger partial charge in [-0.3, -0.25) is 4.79 Å². The maximum absolute atomic E-state index is 11.9. The Balaban J connectivity index is 1.99. The molecule has 2 aromatic carbocycles. The molecule has 1 heterocycles. The highest BCUT2D eigenvalue weighted by Gasteiger charge is 2.23. The summed E-state index contributed by atoms with van der Waals surface area (Å²) in [6.45, 7) is 0. The molecular weight excluding hydrogens is 250 g/mol. The standard InChI is InChI=1S/C17H15NO2/c1-20-16(12-7-3-2-4-8-12)11-15-13-9-5-6-10-14(13)17(19)18-15/h2-11,16H,1H3,(H,18,19). The van der Waals surface area contributed by atoms with E-state index in [1.807, 2.05) is 60.7 Å². The van der Waals surface area contributed by atoms with Gasteiger partial charge in [-0.15, -0.1) is 0 Å². The van der Waals surface area contributed by atoms with Gasteiger partial charge in [0.15, 0.2) is 0 Å². The minimum atomic E-state index is -0.183. The number of fused-ring (bicyclic) bond motifs is 1. The van der Waals surface area contributed by atoms with E-state index in [0.29, 0.717) is 5.56 Å². The first-order valence-electron chi connectivity index (χ1n) is 6.50. The van der Waals surface area contributed by atoms with Crippen LogP contribution in [0, 0.1) is 0 Å². The number of rotatable bonds is 3. The summed E-state index contributed by atoms with van der Waals surface area (Å²) >= 11 is 0. The van der Waals surface area contributed by atoms with Gasteiger partial charge < -0.3 is 10.1 Å². The van der Waals surface area contributed by atoms with Gasteiger partial charge in [0.25, 0.3) is 5.91 Å². The topological polar surface area (TPSA) is 38.3 Å². The molecule has 0 saturated heterocycles. The summed E-state index contributed by atoms with van der Waals surface area (Å²) < 4.78 is 5.52. The van der Waals surface area contributed by atoms with E-state index in [9.17, 15) is 4.79 Å². The van der Waals surface area contributed by atoms with Crippen molar-refractivity contribution in [2.75, 3.05) is 7.11 Å². The number of benzene rings is 2. The second-order valence-corrected chi connectivity index (χ2v) is 4.65. The molecular formula is C17H15NO2. The third-order valence-electron chi connectivity index (χ3n) is 3.41. The summed E-state index contributed by atoms with van der Waals surface area (Å²) in [5.41, 5.74) is 3.50. The first-order valence-corrected chi connectivity index (χ1v) is 6.50. The lowest BCUT2D eigenvalue weighted by Crippen LogP contribution is -2.13. The molecule has 1 atom stereocenters. The van der Waals surface area contributed by atoms with Gasteiger partial charge in [-0.05, 0) is 17.7 Å². The van der Waals surface area contributed by atoms with Crippen molar-refractivity contribution in [3.05, 3.63) is 77.4 Å². The molecule has 1 amide bonds. The van der Waals surface area contributed by atoms with Gasteiger partial charge in [0, 0.05) is 23.9 Å². The highest BCUT2D eigenvalue weighted by molar-refractivity contribution is 6.09. The number of carbonyl (C=O) groups excluding carboxylic acids is 1. The van der Waals surface area contributed by atoms with Gasteiger partial charge in [0.1, 0.15) is 6.10 Å². The fraction of sp³-hybridized carbons (Fsp3) is 0.118. The lowest BCUT2D eigenvalue weighted by molar-refractivity contribution is 0.0980. The maximum atomic E-state index is 11.9. The molecule has 100 valence electrons. The first-order chi connectivity index (χ1) is 9.79. The van der Waals surface area contributed by atoms with Crippen LogP contribution >= 0.6 is 0 Å². The molecule has 0 radical (unpaired) electrons. The van der Waals surface area contributed by atoms with E-state index in [4.69, 9.17) is 4.74 Å². The molecule has 0 aromatic heterocycles. The summed E-state index contributed by atoms with van der Waals surface area (Å²) in [5, 5.41) is 2.90. The summed E-state index contributed by atoms with van der Waals surface area (Å²) in [6.07, 6.45) is 1.76. The monoisotopic (exact) mass is 265 g/mol. The minimum Gasteiger partial charge on any atom is -0.373 e. The fourth-order valence-electron chi connectivity index (χ4n) is 2.40. The second-order valence-electron chi connectivity index (χ2n) is 4.65. The molecule has 1 aliphatic rings. The Hall–Kier alpha value is -2.39. The smallest absolute Gasteiger partial charge is 0.256 e. The van der Waals surface area contributed by atoms with Crippen LogP contribution < -0.4 is 5.32 Å². The average Bonchev–Trinajstić information content (AvgIpc) is 2.82. The first kappa shape index (κ1) is 12.6. The molecule has 0 fully saturated rings. The van der Waals surface area contributed by atoms with Gasteiger partial charge >= 0.3 is 0 Å². The third-order valence-corrected chi connectivity index (χ3v) is 3.41. The van der Waals surface area contributed by atoms with Crippen molar-refractivity contribution in [1.29, 1.82) is 0 Å². The minimum absolute atomic E-state index is 0.0604. The number of hydrogen-bond donors (Lipinski definition) is 1. The molecule has 20 heavy (non-hydrogen) atoms. The SMILES string of the molecule is COC(C=C1NC(=O)c2ccccc21)c1ccccc1. The van der Waals surface area contributed by atoms with Crippen molar-refractivity contribution in [3.8, 4) is 0 Å². The Morgan fingerprint density at radius 3 is 2.35 bits per heavy atom. The highest BCUT2D eigenvalue weighted by Crippen LogP contribution is 2.28. The van der Waals surface area contributed by atoms with E-state index in [-0.39, 0.29) is 12.0 Å². The van der Waals surface area contributed by atoms with Crippen LogP contribution in [-0.2, 0) is 4.74 Å². The van der Waals surface area contributed by atoms with E-state index in [0.717, 1.165) is 16.8 Å². The van der Waals surface area contributed by atoms with Crippen molar-refractivity contribution in [1.82, 2.24) is 5.32 Å². The van der Waals surface area contributed by atoms with Crippen LogP contribution in [0.25, 0.3) is 5.70 Å². The third kappa shape index (κ3) is 2.24. The van der Waals surface area contributed by atoms with Crippen molar-refractivity contribution in [3.63, 3.8) is 0 Å². The zero-order valence-corrected chi connectivity index (χ0v) is 11.2. The van der Waals surface area contributed by atoms with Crippen molar-refractivity contribution >= 4 is 11.6 Å². The molecule has 1 unspecified atom stereocenters. The Labute approximate surface area is 117 Å². The average molecular weight is 265 g/mol. The molecule has 3 nitrogen and oxygen atoms in total. The van der Waals surface area contributed by atoms with Crippen LogP contribution in [-0.4, -0.2) is 13.0 Å². The molecule has 0 aliphatic carbocycles. The van der Waals surface area contributed by atoms with Crippen LogP contribution in [0.15, 0.2) is 60.7 Å². The highest BCUT2D eigenvalue weighted by atomic mass is 16.5. The van der Waals surface area contributed by atoms with Crippen LogP contribution in [0.3, 0.4) is 0 Å². The van der Waals surface area contributed by atoms with Crippen LogP contribution in [0.2, 0.25) is 0 Å². The van der Waals surface area contributed by atoms with Gasteiger partial charge in [-0.1, -0.05) is 48.5 Å². The largest absolute Gasteiger partial charge is 0.373 e. The molecule has 0 spiro atoms. The Bertz CT molecular complexity index is 662. The van der Waals surface area contributed by atoms with E-state index in [1.54, 1.807) is 7.11 Å². The Morgan fingerprint density at radius 2 is 1.65 bits per heavy atom. The molecule has 3 heteroatoms. The van der Waals surface area contributed by atoms with Crippen molar-refractivity contribution in [2.45, 2.75) is 6.10 Å².